The second kappa shape index (κ2) is 6.82. The summed E-state index contributed by atoms with van der Waals surface area (Å²) in [6.45, 7) is 0.798. The molecule has 0 saturated carbocycles. The van der Waals surface area contributed by atoms with Crippen LogP contribution in [-0.4, -0.2) is 41.9 Å². The smallest absolute Gasteiger partial charge is 0.263 e. The Labute approximate surface area is 98.8 Å². The normalized spacial score (nSPS) is 10.2. The first-order valence-corrected chi connectivity index (χ1v) is 5.29. The van der Waals surface area contributed by atoms with Crippen LogP contribution in [-0.2, 0) is 11.8 Å². The van der Waals surface area contributed by atoms with Gasteiger partial charge in [0.15, 0.2) is 0 Å². The molecule has 0 spiro atoms. The van der Waals surface area contributed by atoms with Gasteiger partial charge in [0.05, 0.1) is 19.8 Å². The predicted molar refractivity (Wildman–Crippen MR) is 61.9 cm³/mol. The number of aliphatic hydroxyl groups excluding tert-OH is 1. The Balaban J connectivity index is 2.48. The van der Waals surface area contributed by atoms with E-state index < -0.39 is 5.91 Å². The monoisotopic (exact) mass is 240 g/mol. The first-order chi connectivity index (χ1) is 8.16. The quantitative estimate of drug-likeness (QED) is 0.633. The van der Waals surface area contributed by atoms with E-state index in [1.54, 1.807) is 19.3 Å². The molecule has 0 saturated heterocycles. The van der Waals surface area contributed by atoms with Crippen molar-refractivity contribution >= 4 is 5.91 Å². The maximum absolute atomic E-state index is 11.6. The van der Waals surface area contributed by atoms with Crippen LogP contribution in [0.2, 0.25) is 0 Å². The lowest BCUT2D eigenvalue weighted by atomic mass is 10.2. The van der Waals surface area contributed by atoms with E-state index in [0.717, 1.165) is 0 Å². The molecular weight excluding hydrogens is 224 g/mol. The number of aryl methyl sites for hydroxylation is 1. The summed E-state index contributed by atoms with van der Waals surface area (Å²) in [6.07, 6.45) is 1.59. The number of nitrogens with one attached hydrogen (secondary N) is 1. The van der Waals surface area contributed by atoms with Gasteiger partial charge in [-0.2, -0.15) is 0 Å². The summed E-state index contributed by atoms with van der Waals surface area (Å²) in [5, 5.41) is 11.0. The van der Waals surface area contributed by atoms with Gasteiger partial charge in [0.1, 0.15) is 5.56 Å². The number of nitrogens with zero attached hydrogens (tertiary/aromatic N) is 1. The van der Waals surface area contributed by atoms with Crippen molar-refractivity contribution in [3.63, 3.8) is 0 Å². The zero-order chi connectivity index (χ0) is 12.7. The molecule has 0 aliphatic rings. The third-order valence-corrected chi connectivity index (χ3v) is 2.14. The van der Waals surface area contributed by atoms with Crippen LogP contribution >= 0.6 is 0 Å². The molecule has 1 heterocycles. The number of aliphatic hydroxyl groups is 1. The average Bonchev–Trinajstić information content (AvgIpc) is 2.32. The van der Waals surface area contributed by atoms with Crippen LogP contribution < -0.4 is 10.9 Å². The van der Waals surface area contributed by atoms with Crippen molar-refractivity contribution in [2.75, 3.05) is 26.4 Å². The van der Waals surface area contributed by atoms with E-state index in [1.807, 2.05) is 0 Å². The molecule has 0 unspecified atom stereocenters. The van der Waals surface area contributed by atoms with E-state index in [0.29, 0.717) is 13.2 Å². The summed E-state index contributed by atoms with van der Waals surface area (Å²) in [5.41, 5.74) is -0.224. The van der Waals surface area contributed by atoms with Gasteiger partial charge >= 0.3 is 0 Å². The maximum atomic E-state index is 11.6. The van der Waals surface area contributed by atoms with Crippen molar-refractivity contribution in [2.45, 2.75) is 0 Å². The molecule has 0 bridgehead atoms. The highest BCUT2D eigenvalue weighted by atomic mass is 16.5. The van der Waals surface area contributed by atoms with Crippen LogP contribution in [0.4, 0.5) is 0 Å². The number of carbonyl (C=O) groups is 1. The van der Waals surface area contributed by atoms with Crippen molar-refractivity contribution in [1.82, 2.24) is 9.88 Å². The molecule has 0 aromatic carbocycles. The van der Waals surface area contributed by atoms with E-state index in [2.05, 4.69) is 5.32 Å². The molecule has 0 aliphatic heterocycles. The van der Waals surface area contributed by atoms with E-state index in [1.165, 1.54) is 10.6 Å². The Morgan fingerprint density at radius 2 is 2.29 bits per heavy atom. The molecule has 0 radical (unpaired) electrons. The Morgan fingerprint density at radius 3 is 3.00 bits per heavy atom. The molecule has 17 heavy (non-hydrogen) atoms. The molecule has 0 fully saturated rings. The fourth-order valence-electron chi connectivity index (χ4n) is 1.27. The number of rotatable bonds is 6. The molecule has 6 heteroatoms. The van der Waals surface area contributed by atoms with Gasteiger partial charge in [-0.05, 0) is 12.1 Å². The van der Waals surface area contributed by atoms with E-state index in [-0.39, 0.29) is 24.3 Å². The van der Waals surface area contributed by atoms with Crippen LogP contribution in [0.15, 0.2) is 23.1 Å². The van der Waals surface area contributed by atoms with Gasteiger partial charge < -0.3 is 19.7 Å². The Hall–Kier alpha value is -1.66. The number of hydrogen-bond donors (Lipinski definition) is 2. The highest BCUT2D eigenvalue weighted by Gasteiger charge is 2.09. The topological polar surface area (TPSA) is 80.6 Å². The largest absolute Gasteiger partial charge is 0.394 e. The first kappa shape index (κ1) is 13.4. The minimum absolute atomic E-state index is 0.0484. The Morgan fingerprint density at radius 1 is 1.53 bits per heavy atom. The van der Waals surface area contributed by atoms with Gasteiger partial charge in [-0.3, -0.25) is 9.59 Å². The van der Waals surface area contributed by atoms with Gasteiger partial charge in [0.2, 0.25) is 0 Å². The van der Waals surface area contributed by atoms with Crippen molar-refractivity contribution in [3.05, 3.63) is 34.2 Å². The molecule has 1 aromatic heterocycles. The lowest BCUT2D eigenvalue weighted by Crippen LogP contribution is -2.33. The predicted octanol–water partition coefficient (Wildman–Crippen LogP) is -0.876. The summed E-state index contributed by atoms with van der Waals surface area (Å²) >= 11 is 0. The number of hydrogen-bond acceptors (Lipinski definition) is 4. The number of aromatic nitrogens is 1. The summed E-state index contributed by atoms with van der Waals surface area (Å²) in [7, 11) is 1.59. The highest BCUT2D eigenvalue weighted by Crippen LogP contribution is 1.90. The molecular formula is C11H16N2O4. The molecule has 1 aromatic rings. The van der Waals surface area contributed by atoms with Crippen molar-refractivity contribution in [2.24, 2.45) is 7.05 Å². The third-order valence-electron chi connectivity index (χ3n) is 2.14. The average molecular weight is 240 g/mol. The maximum Gasteiger partial charge on any atom is 0.263 e. The first-order valence-electron chi connectivity index (χ1n) is 5.29. The lowest BCUT2D eigenvalue weighted by Gasteiger charge is -2.06. The van der Waals surface area contributed by atoms with Crippen LogP contribution in [0.25, 0.3) is 0 Å². The van der Waals surface area contributed by atoms with E-state index in [9.17, 15) is 9.59 Å². The summed E-state index contributed by atoms with van der Waals surface area (Å²) in [4.78, 5) is 23.2. The van der Waals surface area contributed by atoms with Crippen molar-refractivity contribution in [1.29, 1.82) is 0 Å². The number of carbonyl (C=O) groups excluding carboxylic acids is 1. The molecule has 2 N–H and O–H groups in total. The molecule has 1 rings (SSSR count). The number of pyridine rings is 1. The number of ether oxygens (including phenoxy) is 1. The minimum atomic E-state index is -0.418. The third kappa shape index (κ3) is 4.01. The SMILES string of the molecule is Cn1cccc(C(=O)NCCOCCO)c1=O. The fourth-order valence-corrected chi connectivity index (χ4v) is 1.27. The van der Waals surface area contributed by atoms with E-state index >= 15 is 0 Å². The van der Waals surface area contributed by atoms with Crippen LogP contribution in [0.3, 0.4) is 0 Å². The second-order valence-corrected chi connectivity index (χ2v) is 3.43. The second-order valence-electron chi connectivity index (χ2n) is 3.43. The molecule has 0 aliphatic carbocycles. The van der Waals surface area contributed by atoms with Gasteiger partial charge in [-0.15, -0.1) is 0 Å². The van der Waals surface area contributed by atoms with Gasteiger partial charge in [-0.25, -0.2) is 0 Å². The Bertz CT molecular complexity index is 428. The zero-order valence-corrected chi connectivity index (χ0v) is 9.68. The fraction of sp³-hybridized carbons (Fsp3) is 0.455. The van der Waals surface area contributed by atoms with Gasteiger partial charge in [-0.1, -0.05) is 0 Å². The lowest BCUT2D eigenvalue weighted by molar-refractivity contribution is 0.0837. The highest BCUT2D eigenvalue weighted by molar-refractivity contribution is 5.93. The molecule has 1 amide bonds. The van der Waals surface area contributed by atoms with Crippen LogP contribution in [0.5, 0.6) is 0 Å². The van der Waals surface area contributed by atoms with Crippen LogP contribution in [0, 0.1) is 0 Å². The number of amides is 1. The summed E-state index contributed by atoms with van der Waals surface area (Å²) < 4.78 is 6.32. The minimum Gasteiger partial charge on any atom is -0.394 e. The van der Waals surface area contributed by atoms with Gasteiger partial charge in [0.25, 0.3) is 11.5 Å². The molecule has 0 atom stereocenters. The van der Waals surface area contributed by atoms with E-state index in [4.69, 9.17) is 9.84 Å². The van der Waals surface area contributed by atoms with Crippen molar-refractivity contribution in [3.8, 4) is 0 Å². The standard InChI is InChI=1S/C11H16N2O4/c1-13-5-2-3-9(11(13)16)10(15)12-4-7-17-8-6-14/h2-3,5,14H,4,6-8H2,1H3,(H,12,15). The van der Waals surface area contributed by atoms with Crippen LogP contribution in [0.1, 0.15) is 10.4 Å². The zero-order valence-electron chi connectivity index (χ0n) is 9.68. The molecule has 94 valence electrons. The Kier molecular flexibility index (Phi) is 5.38. The van der Waals surface area contributed by atoms with Crippen molar-refractivity contribution < 1.29 is 14.6 Å². The van der Waals surface area contributed by atoms with Gasteiger partial charge in [0, 0.05) is 19.8 Å². The summed E-state index contributed by atoms with van der Waals surface area (Å²) in [5.74, 6) is -0.418. The summed E-state index contributed by atoms with van der Waals surface area (Å²) in [6, 6.07) is 3.12. The molecule has 6 nitrogen and oxygen atoms in total.